The second kappa shape index (κ2) is 9.48. The summed E-state index contributed by atoms with van der Waals surface area (Å²) in [7, 11) is 4.98. The van der Waals surface area contributed by atoms with Crippen LogP contribution in [0.3, 0.4) is 0 Å². The van der Waals surface area contributed by atoms with Gasteiger partial charge >= 0.3 is 0 Å². The zero-order valence-corrected chi connectivity index (χ0v) is 17.9. The molecule has 1 aliphatic rings. The normalized spacial score (nSPS) is 14.3. The third-order valence-corrected chi connectivity index (χ3v) is 4.97. The molecule has 0 atom stereocenters. The molecule has 2 aromatic rings. The summed E-state index contributed by atoms with van der Waals surface area (Å²) >= 11 is 0. The number of methoxy groups -OCH3 is 1. The maximum absolute atomic E-state index is 12.9. The highest BCUT2D eigenvalue weighted by molar-refractivity contribution is 6.13. The van der Waals surface area contributed by atoms with E-state index in [0.717, 1.165) is 34.4 Å². The van der Waals surface area contributed by atoms with Gasteiger partial charge in [0.1, 0.15) is 5.75 Å². The zero-order chi connectivity index (χ0) is 21.7. The Kier molecular flexibility index (Phi) is 6.77. The molecule has 0 aromatic heterocycles. The molecule has 0 bridgehead atoms. The molecule has 158 valence electrons. The average molecular weight is 409 g/mol. The van der Waals surface area contributed by atoms with E-state index in [1.54, 1.807) is 27.3 Å². The molecule has 0 saturated heterocycles. The van der Waals surface area contributed by atoms with Crippen LogP contribution in [0.1, 0.15) is 34.8 Å². The maximum atomic E-state index is 12.9. The third kappa shape index (κ3) is 4.82. The summed E-state index contributed by atoms with van der Waals surface area (Å²) in [6.07, 6.45) is 3.35. The molecule has 0 heterocycles. The van der Waals surface area contributed by atoms with Crippen LogP contribution in [0.4, 0.5) is 0 Å². The first-order valence-corrected chi connectivity index (χ1v) is 9.95. The second-order valence-corrected chi connectivity index (χ2v) is 7.24. The van der Waals surface area contributed by atoms with Gasteiger partial charge in [-0.25, -0.2) is 0 Å². The number of ether oxygens (including phenoxy) is 3. The summed E-state index contributed by atoms with van der Waals surface area (Å²) in [6.45, 7) is 2.29. The van der Waals surface area contributed by atoms with Gasteiger partial charge in [0.05, 0.1) is 13.7 Å². The number of likely N-dealkylation sites (N-methyl/N-ethyl adjacent to an activating group) is 1. The minimum atomic E-state index is -0.133. The highest BCUT2D eigenvalue weighted by Crippen LogP contribution is 2.32. The van der Waals surface area contributed by atoms with Crippen LogP contribution in [0.15, 0.2) is 42.0 Å². The Morgan fingerprint density at radius 2 is 1.87 bits per heavy atom. The van der Waals surface area contributed by atoms with Crippen LogP contribution in [-0.4, -0.2) is 51.0 Å². The molecular weight excluding hydrogens is 382 g/mol. The number of fused-ring (bicyclic) bond motifs is 1. The Balaban J connectivity index is 1.83. The molecule has 6 heteroatoms. The molecule has 1 aliphatic carbocycles. The Labute approximate surface area is 177 Å². The number of Topliss-reactive ketones (excluding diaryl/α,β-unsaturated/α-hetero) is 1. The quantitative estimate of drug-likeness (QED) is 0.652. The Bertz CT molecular complexity index is 978. The van der Waals surface area contributed by atoms with Crippen LogP contribution < -0.4 is 14.2 Å². The molecule has 0 aliphatic heterocycles. The van der Waals surface area contributed by atoms with Crippen LogP contribution >= 0.6 is 0 Å². The zero-order valence-electron chi connectivity index (χ0n) is 17.9. The van der Waals surface area contributed by atoms with E-state index in [1.807, 2.05) is 43.3 Å². The molecule has 30 heavy (non-hydrogen) atoms. The lowest BCUT2D eigenvalue weighted by Gasteiger charge is -2.18. The van der Waals surface area contributed by atoms with Crippen molar-refractivity contribution in [3.8, 4) is 17.2 Å². The van der Waals surface area contributed by atoms with Crippen LogP contribution in [0, 0.1) is 0 Å². The first-order chi connectivity index (χ1) is 14.4. The number of allylic oxidation sites excluding steroid dienone is 1. The molecule has 0 N–H and O–H groups in total. The molecule has 0 fully saturated rings. The lowest BCUT2D eigenvalue weighted by Crippen LogP contribution is -2.27. The molecule has 0 saturated carbocycles. The highest BCUT2D eigenvalue weighted by atomic mass is 16.5. The van der Waals surface area contributed by atoms with Gasteiger partial charge in [0.2, 0.25) is 0 Å². The third-order valence-electron chi connectivity index (χ3n) is 4.97. The van der Waals surface area contributed by atoms with Gasteiger partial charge in [-0.3, -0.25) is 9.59 Å². The van der Waals surface area contributed by atoms with E-state index < -0.39 is 0 Å². The number of benzene rings is 2. The molecular formula is C24H27NO5. The van der Waals surface area contributed by atoms with Crippen molar-refractivity contribution >= 4 is 17.8 Å². The van der Waals surface area contributed by atoms with E-state index in [4.69, 9.17) is 14.2 Å². The summed E-state index contributed by atoms with van der Waals surface area (Å²) in [5.41, 5.74) is 3.35. The smallest absolute Gasteiger partial charge is 0.259 e. The molecule has 0 spiro atoms. The topological polar surface area (TPSA) is 65.1 Å². The van der Waals surface area contributed by atoms with Crippen molar-refractivity contribution in [1.29, 1.82) is 0 Å². The largest absolute Gasteiger partial charge is 0.497 e. The van der Waals surface area contributed by atoms with Gasteiger partial charge in [-0.1, -0.05) is 6.07 Å². The molecule has 3 rings (SSSR count). The van der Waals surface area contributed by atoms with E-state index in [-0.39, 0.29) is 18.3 Å². The summed E-state index contributed by atoms with van der Waals surface area (Å²) in [5, 5.41) is 0. The number of hydrogen-bond donors (Lipinski definition) is 0. The predicted octanol–water partition coefficient (Wildman–Crippen LogP) is 3.77. The van der Waals surface area contributed by atoms with Crippen LogP contribution in [0.2, 0.25) is 0 Å². The highest BCUT2D eigenvalue weighted by Gasteiger charge is 2.22. The minimum absolute atomic E-state index is 0.0359. The molecule has 0 radical (unpaired) electrons. The number of nitrogens with zero attached hydrogens (tertiary/aromatic N) is 1. The van der Waals surface area contributed by atoms with Crippen molar-refractivity contribution in [3.05, 3.63) is 58.7 Å². The summed E-state index contributed by atoms with van der Waals surface area (Å²) < 4.78 is 16.6. The SMILES string of the molecule is CCOc1cc(/C=C2\CCc3cc(OC)ccc3C2=O)ccc1OCC(=O)N(C)C. The number of hydrogen-bond acceptors (Lipinski definition) is 5. The minimum Gasteiger partial charge on any atom is -0.497 e. The fourth-order valence-corrected chi connectivity index (χ4v) is 3.29. The van der Waals surface area contributed by atoms with Crippen molar-refractivity contribution in [2.75, 3.05) is 34.4 Å². The van der Waals surface area contributed by atoms with Gasteiger partial charge in [0, 0.05) is 25.2 Å². The molecule has 0 unspecified atom stereocenters. The lowest BCUT2D eigenvalue weighted by atomic mass is 9.86. The molecule has 1 amide bonds. The predicted molar refractivity (Wildman–Crippen MR) is 115 cm³/mol. The van der Waals surface area contributed by atoms with Crippen LogP contribution in [0.5, 0.6) is 17.2 Å². The summed E-state index contributed by atoms with van der Waals surface area (Å²) in [4.78, 5) is 26.2. The molecule has 2 aromatic carbocycles. The van der Waals surface area contributed by atoms with Crippen molar-refractivity contribution in [2.45, 2.75) is 19.8 Å². The standard InChI is InChI=1S/C24H27NO5/c1-5-29-22-13-16(6-11-21(22)30-15-23(26)25(2)3)12-18-8-7-17-14-19(28-4)9-10-20(17)24(18)27/h6,9-14H,5,7-8,15H2,1-4H3/b18-12+. The summed E-state index contributed by atoms with van der Waals surface area (Å²) in [6, 6.07) is 11.0. The Hall–Kier alpha value is -3.28. The van der Waals surface area contributed by atoms with Gasteiger partial charge in [-0.15, -0.1) is 0 Å². The van der Waals surface area contributed by atoms with Crippen molar-refractivity contribution in [3.63, 3.8) is 0 Å². The Morgan fingerprint density at radius 3 is 2.57 bits per heavy atom. The fourth-order valence-electron chi connectivity index (χ4n) is 3.29. The van der Waals surface area contributed by atoms with Gasteiger partial charge < -0.3 is 19.1 Å². The van der Waals surface area contributed by atoms with Crippen LogP contribution in [0.25, 0.3) is 6.08 Å². The number of amides is 1. The van der Waals surface area contributed by atoms with E-state index in [1.165, 1.54) is 4.90 Å². The fraction of sp³-hybridized carbons (Fsp3) is 0.333. The average Bonchev–Trinajstić information content (AvgIpc) is 2.74. The Morgan fingerprint density at radius 1 is 1.07 bits per heavy atom. The first-order valence-electron chi connectivity index (χ1n) is 9.95. The van der Waals surface area contributed by atoms with Gasteiger partial charge in [0.15, 0.2) is 23.9 Å². The van der Waals surface area contributed by atoms with E-state index in [9.17, 15) is 9.59 Å². The second-order valence-electron chi connectivity index (χ2n) is 7.24. The van der Waals surface area contributed by atoms with Gasteiger partial charge in [-0.05, 0) is 67.3 Å². The van der Waals surface area contributed by atoms with Crippen LogP contribution in [-0.2, 0) is 11.2 Å². The summed E-state index contributed by atoms with van der Waals surface area (Å²) in [5.74, 6) is 1.72. The van der Waals surface area contributed by atoms with E-state index >= 15 is 0 Å². The molecule has 6 nitrogen and oxygen atoms in total. The number of carbonyl (C=O) groups excluding carboxylic acids is 2. The van der Waals surface area contributed by atoms with E-state index in [0.29, 0.717) is 24.5 Å². The first kappa shape index (κ1) is 21.4. The number of carbonyl (C=O) groups is 2. The lowest BCUT2D eigenvalue weighted by molar-refractivity contribution is -0.130. The monoisotopic (exact) mass is 409 g/mol. The van der Waals surface area contributed by atoms with E-state index in [2.05, 4.69) is 0 Å². The number of rotatable bonds is 7. The van der Waals surface area contributed by atoms with Crippen molar-refractivity contribution < 1.29 is 23.8 Å². The van der Waals surface area contributed by atoms with Gasteiger partial charge in [0.25, 0.3) is 5.91 Å². The van der Waals surface area contributed by atoms with Crippen molar-refractivity contribution in [1.82, 2.24) is 4.90 Å². The maximum Gasteiger partial charge on any atom is 0.259 e. The van der Waals surface area contributed by atoms with Gasteiger partial charge in [-0.2, -0.15) is 0 Å². The number of aryl methyl sites for hydroxylation is 1. The van der Waals surface area contributed by atoms with Crippen molar-refractivity contribution in [2.24, 2.45) is 0 Å². The number of ketones is 1.